The van der Waals surface area contributed by atoms with E-state index in [-0.39, 0.29) is 11.2 Å². The highest BCUT2D eigenvalue weighted by molar-refractivity contribution is 6.64. The van der Waals surface area contributed by atoms with Crippen LogP contribution in [0.4, 0.5) is 0 Å². The van der Waals surface area contributed by atoms with Gasteiger partial charge in [0.1, 0.15) is 0 Å². The van der Waals surface area contributed by atoms with Gasteiger partial charge in [0.15, 0.2) is 0 Å². The summed E-state index contributed by atoms with van der Waals surface area (Å²) in [6.07, 6.45) is 0.864. The van der Waals surface area contributed by atoms with Crippen molar-refractivity contribution in [2.45, 2.75) is 12.3 Å². The maximum atomic E-state index is 10.8. The Balaban J connectivity index is 2.16. The second kappa shape index (κ2) is 3.32. The number of carbonyl (C=O) groups excluding carboxylic acids is 1. The first-order chi connectivity index (χ1) is 6.18. The molecule has 0 heterocycles. The molecule has 13 heavy (non-hydrogen) atoms. The van der Waals surface area contributed by atoms with E-state index in [1.165, 1.54) is 0 Å². The fraction of sp³-hybridized carbons (Fsp3) is 0.300. The number of benzene rings is 1. The summed E-state index contributed by atoms with van der Waals surface area (Å²) >= 11 is 11.2. The van der Waals surface area contributed by atoms with Gasteiger partial charge in [0, 0.05) is 10.9 Å². The maximum Gasteiger partial charge on any atom is 0.225 e. The van der Waals surface area contributed by atoms with Crippen molar-refractivity contribution in [3.8, 4) is 0 Å². The van der Waals surface area contributed by atoms with Crippen molar-refractivity contribution >= 4 is 28.4 Å². The monoisotopic (exact) mass is 214 g/mol. The lowest BCUT2D eigenvalue weighted by atomic mass is 10.1. The topological polar surface area (TPSA) is 17.1 Å². The first kappa shape index (κ1) is 9.04. The third kappa shape index (κ3) is 1.87. The molecule has 0 N–H and O–H groups in total. The zero-order valence-electron chi connectivity index (χ0n) is 6.84. The first-order valence-corrected chi connectivity index (χ1v) is 4.89. The molecule has 68 valence electrons. The number of hydrogen-bond donors (Lipinski definition) is 0. The van der Waals surface area contributed by atoms with E-state index in [1.807, 2.05) is 24.3 Å². The molecule has 1 fully saturated rings. The summed E-state index contributed by atoms with van der Waals surface area (Å²) in [6.45, 7) is 0. The average Bonchev–Trinajstić information content (AvgIpc) is 2.82. The molecule has 3 heteroatoms. The minimum Gasteiger partial charge on any atom is -0.281 e. The second-order valence-electron chi connectivity index (χ2n) is 3.31. The summed E-state index contributed by atoms with van der Waals surface area (Å²) in [4.78, 5) is 10.8. The van der Waals surface area contributed by atoms with Crippen molar-refractivity contribution in [3.63, 3.8) is 0 Å². The molecule has 1 aromatic rings. The maximum absolute atomic E-state index is 10.8. The van der Waals surface area contributed by atoms with Crippen molar-refractivity contribution < 1.29 is 4.79 Å². The van der Waals surface area contributed by atoms with Crippen molar-refractivity contribution in [1.29, 1.82) is 0 Å². The minimum absolute atomic E-state index is 0.0140. The van der Waals surface area contributed by atoms with E-state index in [1.54, 1.807) is 0 Å². The summed E-state index contributed by atoms with van der Waals surface area (Å²) in [6, 6.07) is 7.60. The molecule has 0 amide bonds. The van der Waals surface area contributed by atoms with Gasteiger partial charge in [0.05, 0.1) is 0 Å². The molecular formula is C10H8Cl2O. The van der Waals surface area contributed by atoms with E-state index < -0.39 is 0 Å². The van der Waals surface area contributed by atoms with Crippen LogP contribution in [0, 0.1) is 5.92 Å². The molecule has 2 rings (SSSR count). The third-order valence-corrected chi connectivity index (χ3v) is 2.87. The minimum atomic E-state index is -0.232. The molecule has 0 bridgehead atoms. The summed E-state index contributed by atoms with van der Waals surface area (Å²) < 4.78 is 0. The zero-order valence-corrected chi connectivity index (χ0v) is 8.35. The Kier molecular flexibility index (Phi) is 2.31. The van der Waals surface area contributed by atoms with Crippen molar-refractivity contribution in [3.05, 3.63) is 34.9 Å². The summed E-state index contributed by atoms with van der Waals surface area (Å²) in [5.74, 6) is 0.309. The molecule has 0 aromatic heterocycles. The molecular weight excluding hydrogens is 207 g/mol. The van der Waals surface area contributed by atoms with E-state index in [0.717, 1.165) is 12.0 Å². The van der Waals surface area contributed by atoms with Gasteiger partial charge in [-0.2, -0.15) is 0 Å². The zero-order chi connectivity index (χ0) is 9.42. The van der Waals surface area contributed by atoms with Crippen LogP contribution in [0.2, 0.25) is 5.02 Å². The predicted molar refractivity (Wildman–Crippen MR) is 53.2 cm³/mol. The number of hydrogen-bond acceptors (Lipinski definition) is 1. The Bertz CT molecular complexity index is 349. The normalized spacial score (nSPS) is 25.7. The lowest BCUT2D eigenvalue weighted by Gasteiger charge is -1.98. The molecule has 1 saturated carbocycles. The van der Waals surface area contributed by atoms with Crippen LogP contribution < -0.4 is 0 Å². The Morgan fingerprint density at radius 3 is 2.77 bits per heavy atom. The molecule has 0 spiro atoms. The molecule has 1 nitrogen and oxygen atoms in total. The molecule has 2 atom stereocenters. The standard InChI is InChI=1S/C10H8Cl2O/c11-7-3-1-2-6(4-7)8-5-9(8)10(12)13/h1-4,8-9H,5H2. The summed E-state index contributed by atoms with van der Waals surface area (Å²) in [5, 5.41) is 0.482. The van der Waals surface area contributed by atoms with Crippen molar-refractivity contribution in [2.24, 2.45) is 5.92 Å². The Morgan fingerprint density at radius 2 is 2.23 bits per heavy atom. The third-order valence-electron chi connectivity index (χ3n) is 2.36. The predicted octanol–water partition coefficient (Wildman–Crippen LogP) is 3.21. The Hall–Kier alpha value is -0.530. The van der Waals surface area contributed by atoms with Crippen LogP contribution >= 0.6 is 23.2 Å². The molecule has 1 aromatic carbocycles. The summed E-state index contributed by atoms with van der Waals surface area (Å²) in [5.41, 5.74) is 1.12. The Labute approximate surface area is 86.7 Å². The van der Waals surface area contributed by atoms with Crippen LogP contribution in [0.1, 0.15) is 17.9 Å². The van der Waals surface area contributed by atoms with Crippen LogP contribution in [-0.2, 0) is 4.79 Å². The van der Waals surface area contributed by atoms with E-state index in [4.69, 9.17) is 23.2 Å². The fourth-order valence-corrected chi connectivity index (χ4v) is 1.99. The first-order valence-electron chi connectivity index (χ1n) is 4.13. The molecule has 0 aliphatic heterocycles. The van der Waals surface area contributed by atoms with Gasteiger partial charge in [0.2, 0.25) is 5.24 Å². The van der Waals surface area contributed by atoms with Crippen molar-refractivity contribution in [2.75, 3.05) is 0 Å². The SMILES string of the molecule is O=C(Cl)C1CC1c1cccc(Cl)c1. The summed E-state index contributed by atoms with van der Waals surface area (Å²) in [7, 11) is 0. The number of rotatable bonds is 2. The quantitative estimate of drug-likeness (QED) is 0.692. The van der Waals surface area contributed by atoms with Gasteiger partial charge in [-0.15, -0.1) is 0 Å². The van der Waals surface area contributed by atoms with E-state index in [2.05, 4.69) is 0 Å². The number of carbonyl (C=O) groups is 1. The van der Waals surface area contributed by atoms with Crippen LogP contribution in [0.3, 0.4) is 0 Å². The highest BCUT2D eigenvalue weighted by Crippen LogP contribution is 2.48. The lowest BCUT2D eigenvalue weighted by Crippen LogP contribution is -1.91. The molecule has 1 aliphatic carbocycles. The second-order valence-corrected chi connectivity index (χ2v) is 4.12. The van der Waals surface area contributed by atoms with Crippen LogP contribution in [0.25, 0.3) is 0 Å². The van der Waals surface area contributed by atoms with Crippen LogP contribution in [0.15, 0.2) is 24.3 Å². The van der Waals surface area contributed by atoms with Gasteiger partial charge in [-0.05, 0) is 41.6 Å². The fourth-order valence-electron chi connectivity index (χ4n) is 1.55. The molecule has 0 saturated heterocycles. The number of halogens is 2. The lowest BCUT2D eigenvalue weighted by molar-refractivity contribution is -0.112. The van der Waals surface area contributed by atoms with Crippen LogP contribution in [0.5, 0.6) is 0 Å². The average molecular weight is 215 g/mol. The highest BCUT2D eigenvalue weighted by Gasteiger charge is 2.42. The van der Waals surface area contributed by atoms with Gasteiger partial charge in [-0.1, -0.05) is 23.7 Å². The van der Waals surface area contributed by atoms with Gasteiger partial charge >= 0.3 is 0 Å². The van der Waals surface area contributed by atoms with Crippen molar-refractivity contribution in [1.82, 2.24) is 0 Å². The van der Waals surface area contributed by atoms with E-state index in [0.29, 0.717) is 10.9 Å². The molecule has 0 radical (unpaired) electrons. The van der Waals surface area contributed by atoms with Gasteiger partial charge in [-0.25, -0.2) is 0 Å². The van der Waals surface area contributed by atoms with E-state index >= 15 is 0 Å². The molecule has 1 aliphatic rings. The largest absolute Gasteiger partial charge is 0.281 e. The highest BCUT2D eigenvalue weighted by atomic mass is 35.5. The van der Waals surface area contributed by atoms with E-state index in [9.17, 15) is 4.79 Å². The smallest absolute Gasteiger partial charge is 0.225 e. The van der Waals surface area contributed by atoms with Gasteiger partial charge in [-0.3, -0.25) is 4.79 Å². The van der Waals surface area contributed by atoms with Gasteiger partial charge < -0.3 is 0 Å². The van der Waals surface area contributed by atoms with Gasteiger partial charge in [0.25, 0.3) is 0 Å². The molecule has 2 unspecified atom stereocenters. The van der Waals surface area contributed by atoms with Crippen LogP contribution in [-0.4, -0.2) is 5.24 Å². The Morgan fingerprint density at radius 1 is 1.46 bits per heavy atom.